The molecular weight excluding hydrogens is 219 g/mol. The summed E-state index contributed by atoms with van der Waals surface area (Å²) in [5, 5.41) is 0. The predicted octanol–water partition coefficient (Wildman–Crippen LogP) is 1.62. The van der Waals surface area contributed by atoms with Crippen LogP contribution in [0.3, 0.4) is 0 Å². The predicted molar refractivity (Wildman–Crippen MR) is 63.9 cm³/mol. The maximum absolute atomic E-state index is 13.8. The molecule has 2 atom stereocenters. The molecule has 0 fully saturated rings. The third kappa shape index (κ3) is 2.05. The first-order valence-electron chi connectivity index (χ1n) is 5.85. The highest BCUT2D eigenvalue weighted by Crippen LogP contribution is 2.31. The first-order chi connectivity index (χ1) is 8.02. The number of carbonyl (C=O) groups excluding carboxylic acids is 1. The highest BCUT2D eigenvalue weighted by atomic mass is 19.1. The summed E-state index contributed by atoms with van der Waals surface area (Å²) < 4.78 is 13.8. The van der Waals surface area contributed by atoms with Crippen LogP contribution in [-0.2, 0) is 11.2 Å². The number of hydrogen-bond donors (Lipinski definition) is 1. The third-order valence-corrected chi connectivity index (χ3v) is 3.32. The molecule has 1 aliphatic heterocycles. The number of rotatable bonds is 1. The van der Waals surface area contributed by atoms with Crippen molar-refractivity contribution in [1.82, 2.24) is 4.90 Å². The zero-order chi connectivity index (χ0) is 12.6. The van der Waals surface area contributed by atoms with Crippen molar-refractivity contribution in [2.24, 2.45) is 5.73 Å². The third-order valence-electron chi connectivity index (χ3n) is 3.32. The van der Waals surface area contributed by atoms with E-state index in [1.165, 1.54) is 6.07 Å². The second-order valence-electron chi connectivity index (χ2n) is 4.56. The molecule has 0 spiro atoms. The Morgan fingerprint density at radius 2 is 2.29 bits per heavy atom. The molecule has 0 radical (unpaired) electrons. The lowest BCUT2D eigenvalue weighted by atomic mass is 9.92. The summed E-state index contributed by atoms with van der Waals surface area (Å²) in [6.45, 7) is 4.12. The summed E-state index contributed by atoms with van der Waals surface area (Å²) >= 11 is 0. The van der Waals surface area contributed by atoms with Gasteiger partial charge in [0.05, 0.1) is 12.1 Å². The lowest BCUT2D eigenvalue weighted by Crippen LogP contribution is -2.46. The van der Waals surface area contributed by atoms with Gasteiger partial charge in [-0.3, -0.25) is 4.79 Å². The Morgan fingerprint density at radius 3 is 2.94 bits per heavy atom. The highest BCUT2D eigenvalue weighted by molar-refractivity contribution is 5.82. The van der Waals surface area contributed by atoms with Crippen LogP contribution in [0.25, 0.3) is 0 Å². The van der Waals surface area contributed by atoms with Crippen molar-refractivity contribution in [3.63, 3.8) is 0 Å². The molecule has 0 bridgehead atoms. The van der Waals surface area contributed by atoms with E-state index in [1.54, 1.807) is 17.9 Å². The molecule has 4 heteroatoms. The Balaban J connectivity index is 2.36. The fourth-order valence-corrected chi connectivity index (χ4v) is 2.42. The van der Waals surface area contributed by atoms with Gasteiger partial charge in [0.1, 0.15) is 5.82 Å². The van der Waals surface area contributed by atoms with Crippen LogP contribution in [-0.4, -0.2) is 23.4 Å². The molecule has 1 amide bonds. The van der Waals surface area contributed by atoms with Gasteiger partial charge in [-0.25, -0.2) is 4.39 Å². The molecule has 1 aliphatic rings. The van der Waals surface area contributed by atoms with Crippen molar-refractivity contribution in [3.8, 4) is 0 Å². The minimum atomic E-state index is -0.536. The van der Waals surface area contributed by atoms with Crippen LogP contribution >= 0.6 is 0 Å². The minimum absolute atomic E-state index is 0.119. The molecule has 2 N–H and O–H groups in total. The van der Waals surface area contributed by atoms with Gasteiger partial charge >= 0.3 is 0 Å². The topological polar surface area (TPSA) is 46.3 Å². The average Bonchev–Trinajstić information content (AvgIpc) is 2.28. The van der Waals surface area contributed by atoms with E-state index in [9.17, 15) is 9.18 Å². The Labute approximate surface area is 100 Å². The first-order valence-corrected chi connectivity index (χ1v) is 5.85. The highest BCUT2D eigenvalue weighted by Gasteiger charge is 2.30. The smallest absolute Gasteiger partial charge is 0.239 e. The molecular formula is C13H17FN2O. The van der Waals surface area contributed by atoms with Crippen LogP contribution in [0.2, 0.25) is 0 Å². The lowest BCUT2D eigenvalue weighted by molar-refractivity contribution is -0.134. The molecule has 0 aliphatic carbocycles. The maximum Gasteiger partial charge on any atom is 0.239 e. The molecule has 1 heterocycles. The van der Waals surface area contributed by atoms with Crippen LogP contribution in [0.4, 0.5) is 4.39 Å². The maximum atomic E-state index is 13.8. The Kier molecular flexibility index (Phi) is 3.15. The summed E-state index contributed by atoms with van der Waals surface area (Å²) in [5.41, 5.74) is 7.23. The van der Waals surface area contributed by atoms with E-state index in [2.05, 4.69) is 0 Å². The molecule has 0 aromatic heterocycles. The Hall–Kier alpha value is -1.42. The lowest BCUT2D eigenvalue weighted by Gasteiger charge is -2.36. The fraction of sp³-hybridized carbons (Fsp3) is 0.462. The van der Waals surface area contributed by atoms with Gasteiger partial charge in [-0.2, -0.15) is 0 Å². The van der Waals surface area contributed by atoms with Crippen molar-refractivity contribution < 1.29 is 9.18 Å². The number of nitrogens with zero attached hydrogens (tertiary/aromatic N) is 1. The summed E-state index contributed by atoms with van der Waals surface area (Å²) in [6.07, 6.45) is 0.690. The van der Waals surface area contributed by atoms with Gasteiger partial charge in [-0.15, -0.1) is 0 Å². The second kappa shape index (κ2) is 4.45. The van der Waals surface area contributed by atoms with Gasteiger partial charge in [-0.1, -0.05) is 12.1 Å². The number of hydrogen-bond acceptors (Lipinski definition) is 2. The number of amides is 1. The normalized spacial score (nSPS) is 20.9. The number of carbonyl (C=O) groups is 1. The van der Waals surface area contributed by atoms with Gasteiger partial charge in [0, 0.05) is 12.1 Å². The molecule has 3 nitrogen and oxygen atoms in total. The van der Waals surface area contributed by atoms with Gasteiger partial charge < -0.3 is 10.6 Å². The van der Waals surface area contributed by atoms with Crippen molar-refractivity contribution in [2.75, 3.05) is 6.54 Å². The molecule has 1 aromatic rings. The zero-order valence-electron chi connectivity index (χ0n) is 10.1. The monoisotopic (exact) mass is 236 g/mol. The Morgan fingerprint density at radius 1 is 1.59 bits per heavy atom. The van der Waals surface area contributed by atoms with E-state index < -0.39 is 6.04 Å². The van der Waals surface area contributed by atoms with E-state index in [0.29, 0.717) is 18.5 Å². The standard InChI is InChI=1S/C13H17FN2O/c1-8(15)13(17)16-7-6-10-4-3-5-11(14)12(10)9(16)2/h3-5,8-9H,6-7,15H2,1-2H3/t8-,9+/m0/s1. The summed E-state index contributed by atoms with van der Waals surface area (Å²) in [7, 11) is 0. The molecule has 2 rings (SSSR count). The molecule has 1 aromatic carbocycles. The number of benzene rings is 1. The molecule has 0 unspecified atom stereocenters. The van der Waals surface area contributed by atoms with E-state index >= 15 is 0 Å². The summed E-state index contributed by atoms with van der Waals surface area (Å²) in [6, 6.07) is 4.30. The number of fused-ring (bicyclic) bond motifs is 1. The summed E-state index contributed by atoms with van der Waals surface area (Å²) in [4.78, 5) is 13.6. The largest absolute Gasteiger partial charge is 0.334 e. The fourth-order valence-electron chi connectivity index (χ4n) is 2.42. The first kappa shape index (κ1) is 12.0. The molecule has 0 saturated heterocycles. The van der Waals surface area contributed by atoms with E-state index in [1.807, 2.05) is 13.0 Å². The Bertz CT molecular complexity index is 445. The van der Waals surface area contributed by atoms with Crippen LogP contribution in [0.1, 0.15) is 31.0 Å². The molecule has 92 valence electrons. The molecule has 0 saturated carbocycles. The van der Waals surface area contributed by atoms with Gasteiger partial charge in [0.2, 0.25) is 5.91 Å². The van der Waals surface area contributed by atoms with Gasteiger partial charge in [0.25, 0.3) is 0 Å². The van der Waals surface area contributed by atoms with Crippen LogP contribution in [0.5, 0.6) is 0 Å². The zero-order valence-corrected chi connectivity index (χ0v) is 10.1. The van der Waals surface area contributed by atoms with Crippen molar-refractivity contribution >= 4 is 5.91 Å². The second-order valence-corrected chi connectivity index (χ2v) is 4.56. The van der Waals surface area contributed by atoms with Gasteiger partial charge in [0.15, 0.2) is 0 Å². The van der Waals surface area contributed by atoms with E-state index in [4.69, 9.17) is 5.73 Å². The van der Waals surface area contributed by atoms with Crippen molar-refractivity contribution in [2.45, 2.75) is 32.4 Å². The van der Waals surface area contributed by atoms with Crippen LogP contribution < -0.4 is 5.73 Å². The average molecular weight is 236 g/mol. The number of nitrogens with two attached hydrogens (primary N) is 1. The van der Waals surface area contributed by atoms with Crippen molar-refractivity contribution in [1.29, 1.82) is 0 Å². The quantitative estimate of drug-likeness (QED) is 0.805. The molecule has 17 heavy (non-hydrogen) atoms. The van der Waals surface area contributed by atoms with Crippen LogP contribution in [0, 0.1) is 5.82 Å². The minimum Gasteiger partial charge on any atom is -0.334 e. The van der Waals surface area contributed by atoms with Crippen molar-refractivity contribution in [3.05, 3.63) is 35.1 Å². The van der Waals surface area contributed by atoms with Crippen LogP contribution in [0.15, 0.2) is 18.2 Å². The number of halogens is 1. The SMILES string of the molecule is C[C@H](N)C(=O)N1CCc2cccc(F)c2[C@H]1C. The van der Waals surface area contributed by atoms with E-state index in [-0.39, 0.29) is 17.8 Å². The van der Waals surface area contributed by atoms with Gasteiger partial charge in [-0.05, 0) is 31.9 Å². The van der Waals surface area contributed by atoms with E-state index in [0.717, 1.165) is 5.56 Å². The summed E-state index contributed by atoms with van der Waals surface area (Å²) in [5.74, 6) is -0.358.